The predicted molar refractivity (Wildman–Crippen MR) is 351 cm³/mol. The van der Waals surface area contributed by atoms with E-state index < -0.39 is 106 Å². The van der Waals surface area contributed by atoms with Crippen molar-refractivity contribution in [2.24, 2.45) is 29.6 Å². The minimum Gasteiger partial charge on any atom is -0.462 e. The third-order valence-electron chi connectivity index (χ3n) is 18.2. The molecule has 14 atom stereocenters. The maximum atomic E-state index is 14.8. The molecule has 91 heavy (non-hydrogen) atoms. The van der Waals surface area contributed by atoms with E-state index in [1.165, 1.54) is 0 Å². The molecule has 3 heterocycles. The van der Waals surface area contributed by atoms with Gasteiger partial charge in [0.1, 0.15) is 30.5 Å². The Balaban J connectivity index is 1.26. The first-order chi connectivity index (χ1) is 43.4. The highest BCUT2D eigenvalue weighted by Gasteiger charge is 2.55. The lowest BCUT2D eigenvalue weighted by atomic mass is 9.88. The smallest absolute Gasteiger partial charge is 0.308 e. The number of nitrogens with one attached hydrogen (secondary N) is 2. The van der Waals surface area contributed by atoms with E-state index in [-0.39, 0.29) is 92.8 Å². The van der Waals surface area contributed by atoms with Gasteiger partial charge in [-0.2, -0.15) is 0 Å². The molecule has 2 amide bonds. The van der Waals surface area contributed by atoms with E-state index in [4.69, 9.17) is 51.8 Å². The molecule has 5 unspecified atom stereocenters. The normalized spacial score (nSPS) is 24.7. The van der Waals surface area contributed by atoms with Gasteiger partial charge >= 0.3 is 11.9 Å². The Morgan fingerprint density at radius 2 is 1.08 bits per heavy atom. The zero-order valence-electron chi connectivity index (χ0n) is 56.5. The molecule has 3 saturated heterocycles. The van der Waals surface area contributed by atoms with Crippen LogP contribution in [0.4, 0.5) is 0 Å². The number of fused-ring (bicyclic) bond motifs is 1. The average Bonchev–Trinajstić information content (AvgIpc) is 0.784. The molecule has 2 N–H and O–H groups in total. The van der Waals surface area contributed by atoms with Gasteiger partial charge in [-0.05, 0) is 77.8 Å². The van der Waals surface area contributed by atoms with Gasteiger partial charge in [0, 0.05) is 17.9 Å². The van der Waals surface area contributed by atoms with Gasteiger partial charge in [0.05, 0.1) is 76.7 Å². The molecular weight excluding hydrogens is 1170 g/mol. The molecule has 18 heteroatoms. The van der Waals surface area contributed by atoms with E-state index in [9.17, 15) is 19.2 Å². The van der Waals surface area contributed by atoms with Crippen LogP contribution in [0.25, 0.3) is 0 Å². The molecule has 3 aliphatic heterocycles. The molecule has 0 aromatic heterocycles. The lowest BCUT2D eigenvalue weighted by molar-refractivity contribution is -0.350. The molecule has 4 aromatic rings. The van der Waals surface area contributed by atoms with Crippen molar-refractivity contribution in [2.75, 3.05) is 13.2 Å². The molecule has 0 saturated carbocycles. The fraction of sp³-hybridized carbons (Fsp3) is 0.616. The zero-order chi connectivity index (χ0) is 65.8. The number of benzene rings is 4. The Labute approximate surface area is 543 Å². The van der Waals surface area contributed by atoms with Crippen LogP contribution in [0.15, 0.2) is 121 Å². The van der Waals surface area contributed by atoms with Crippen LogP contribution >= 0.6 is 0 Å². The number of rotatable bonds is 34. The summed E-state index contributed by atoms with van der Waals surface area (Å²) in [6.45, 7) is 30.1. The molecule has 0 radical (unpaired) electrons. The molecule has 0 bridgehead atoms. The van der Waals surface area contributed by atoms with Crippen molar-refractivity contribution in [1.29, 1.82) is 0 Å². The van der Waals surface area contributed by atoms with Crippen LogP contribution in [-0.2, 0) is 90.8 Å². The van der Waals surface area contributed by atoms with Crippen LogP contribution in [0, 0.1) is 29.6 Å². The van der Waals surface area contributed by atoms with Crippen LogP contribution < -0.4 is 10.6 Å². The number of carbonyl (C=O) groups is 4. The van der Waals surface area contributed by atoms with Crippen molar-refractivity contribution in [3.63, 3.8) is 0 Å². The first-order valence-electron chi connectivity index (χ1n) is 33.3. The van der Waals surface area contributed by atoms with E-state index in [0.717, 1.165) is 22.3 Å². The first-order valence-corrected chi connectivity index (χ1v) is 36.2. The van der Waals surface area contributed by atoms with Gasteiger partial charge in [0.25, 0.3) is 0 Å². The van der Waals surface area contributed by atoms with Gasteiger partial charge < -0.3 is 62.4 Å². The minimum absolute atomic E-state index is 0.0101. The molecule has 3 aliphatic rings. The molecule has 7 rings (SSSR count). The fourth-order valence-corrected chi connectivity index (χ4v) is 14.5. The minimum atomic E-state index is -2.74. The largest absolute Gasteiger partial charge is 0.462 e. The molecule has 4 aromatic carbocycles. The van der Waals surface area contributed by atoms with Crippen molar-refractivity contribution in [3.8, 4) is 0 Å². The summed E-state index contributed by atoms with van der Waals surface area (Å²) in [4.78, 5) is 57.3. The van der Waals surface area contributed by atoms with E-state index >= 15 is 0 Å². The number of hydrogen-bond donors (Lipinski definition) is 2. The van der Waals surface area contributed by atoms with Crippen LogP contribution in [0.5, 0.6) is 0 Å². The Hall–Kier alpha value is -5.38. The quantitative estimate of drug-likeness (QED) is 0.0331. The Kier molecular flexibility index (Phi) is 28.3. The highest BCUT2D eigenvalue weighted by atomic mass is 28.4. The standard InChI is InChI=1S/C73H106N2O15Si/c1-15-63(78)85-58(38-49(6)7)40-62(77)75-66-69(88-64(79)41-57(37-48(4)5)81-43-53-30-22-17-23-31-53)68-60(46-83-70(89-68)55-34-26-19-27-35-55)86-71(66)84-45-59-67(82-44-54-32-24-18-25-33-54)51(10)65(72(87-59)90-91(13,14)73(11,12)50(8)9)74-61(76)39-56(36-47(2)3)80-42-52-28-20-16-21-29-52/h16-35,47-51,56-60,65-72H,15,36-46H2,1-14H3,(H,74,76)(H,75,77)/t51-,56+,57+,58-,59?,60?,65?,66?,67+,68+,69-,70?,71-,72+/m1/s1. The first kappa shape index (κ1) is 73.0. The van der Waals surface area contributed by atoms with Crippen molar-refractivity contribution >= 4 is 32.1 Å². The summed E-state index contributed by atoms with van der Waals surface area (Å²) in [5.41, 5.74) is 3.64. The van der Waals surface area contributed by atoms with Crippen LogP contribution in [0.3, 0.4) is 0 Å². The summed E-state index contributed by atoms with van der Waals surface area (Å²) in [6, 6.07) is 37.1. The summed E-state index contributed by atoms with van der Waals surface area (Å²) >= 11 is 0. The van der Waals surface area contributed by atoms with Gasteiger partial charge in [-0.1, -0.05) is 204 Å². The second-order valence-electron chi connectivity index (χ2n) is 27.7. The highest BCUT2D eigenvalue weighted by molar-refractivity contribution is 6.74. The van der Waals surface area contributed by atoms with E-state index in [1.54, 1.807) is 6.92 Å². The maximum absolute atomic E-state index is 14.8. The van der Waals surface area contributed by atoms with Gasteiger partial charge in [0.2, 0.25) is 11.8 Å². The Bertz CT molecular complexity index is 2810. The van der Waals surface area contributed by atoms with E-state index in [0.29, 0.717) is 25.9 Å². The van der Waals surface area contributed by atoms with E-state index in [2.05, 4.69) is 79.1 Å². The maximum Gasteiger partial charge on any atom is 0.308 e. The molecule has 502 valence electrons. The summed E-state index contributed by atoms with van der Waals surface area (Å²) in [7, 11) is -2.74. The van der Waals surface area contributed by atoms with Crippen LogP contribution in [0.2, 0.25) is 18.1 Å². The van der Waals surface area contributed by atoms with E-state index in [1.807, 2.05) is 142 Å². The topological polar surface area (TPSA) is 194 Å². The van der Waals surface area contributed by atoms with Gasteiger partial charge in [-0.25, -0.2) is 0 Å². The molecule has 3 fully saturated rings. The lowest BCUT2D eigenvalue weighted by Crippen LogP contribution is -2.68. The lowest BCUT2D eigenvalue weighted by Gasteiger charge is -2.51. The zero-order valence-corrected chi connectivity index (χ0v) is 57.5. The molecular formula is C73H106N2O15Si. The second-order valence-corrected chi connectivity index (χ2v) is 32.2. The van der Waals surface area contributed by atoms with Crippen molar-refractivity contribution < 1.29 is 71.0 Å². The van der Waals surface area contributed by atoms with Crippen LogP contribution in [-0.4, -0.2) is 119 Å². The highest BCUT2D eigenvalue weighted by Crippen LogP contribution is 2.47. The van der Waals surface area contributed by atoms with Crippen molar-refractivity contribution in [3.05, 3.63) is 144 Å². The summed E-state index contributed by atoms with van der Waals surface area (Å²) < 4.78 is 74.4. The van der Waals surface area contributed by atoms with Crippen molar-refractivity contribution in [1.82, 2.24) is 10.6 Å². The molecule has 0 spiro atoms. The third-order valence-corrected chi connectivity index (χ3v) is 22.7. The van der Waals surface area contributed by atoms with Crippen molar-refractivity contribution in [2.45, 2.75) is 246 Å². The second kappa shape index (κ2) is 35.2. The summed E-state index contributed by atoms with van der Waals surface area (Å²) in [6.07, 6.45) is -7.88. The third kappa shape index (κ3) is 22.1. The number of ether oxygens (including phenoxy) is 10. The Morgan fingerprint density at radius 3 is 1.60 bits per heavy atom. The number of amides is 2. The molecule has 0 aliphatic carbocycles. The predicted octanol–water partition coefficient (Wildman–Crippen LogP) is 13.1. The SMILES string of the molecule is CCC(=O)O[C@@H](CC(=O)NC1[C@H](OCC2O[C@@H](O[Si](C)(C)C(C)(C)C(C)C)C(NC(=O)C[C@H](CC(C)C)OCc3ccccc3)[C@@H](C)[C@@H]2OCc2ccccc2)OC2COC(c3ccccc3)O[C@@H]2[C@@H]1OC(=O)C[C@H](CC(C)C)OCc1ccccc1)CC(C)C. The fourth-order valence-electron chi connectivity index (χ4n) is 12.0. The number of hydrogen-bond acceptors (Lipinski definition) is 15. The summed E-state index contributed by atoms with van der Waals surface area (Å²) in [5, 5.41) is 6.32. The molecule has 17 nitrogen and oxygen atoms in total. The summed E-state index contributed by atoms with van der Waals surface area (Å²) in [5.74, 6) is -1.38. The Morgan fingerprint density at radius 1 is 0.582 bits per heavy atom. The monoisotopic (exact) mass is 1280 g/mol. The van der Waals surface area contributed by atoms with Crippen LogP contribution in [0.1, 0.15) is 157 Å². The van der Waals surface area contributed by atoms with Gasteiger partial charge in [-0.15, -0.1) is 0 Å². The number of esters is 2. The van der Waals surface area contributed by atoms with Gasteiger partial charge in [0.15, 0.2) is 33.3 Å². The number of carbonyl (C=O) groups excluding carboxylic acids is 4. The average molecular weight is 1280 g/mol. The van der Waals surface area contributed by atoms with Gasteiger partial charge in [-0.3, -0.25) is 19.2 Å².